The van der Waals surface area contributed by atoms with E-state index in [0.29, 0.717) is 44.7 Å². The molecule has 41 heavy (non-hydrogen) atoms. The van der Waals surface area contributed by atoms with E-state index in [0.717, 1.165) is 0 Å². The van der Waals surface area contributed by atoms with E-state index < -0.39 is 29.9 Å². The fraction of sp³-hybridized carbons (Fsp3) is 0.407. The van der Waals surface area contributed by atoms with Gasteiger partial charge in [-0.15, -0.1) is 0 Å². The molecule has 218 valence electrons. The molecule has 14 heteroatoms. The summed E-state index contributed by atoms with van der Waals surface area (Å²) in [5.74, 6) is -1.23. The smallest absolute Gasteiger partial charge is 0.429 e. The van der Waals surface area contributed by atoms with E-state index in [-0.39, 0.29) is 39.0 Å². The number of carboxylic acid groups (broad SMARTS) is 1. The highest BCUT2D eigenvalue weighted by atomic mass is 35.5. The first-order valence-electron chi connectivity index (χ1n) is 12.9. The first-order chi connectivity index (χ1) is 19.3. The second-order valence-electron chi connectivity index (χ2n) is 10.5. The number of pyridine rings is 1. The second kappa shape index (κ2) is 10.9. The normalized spacial score (nSPS) is 19.3. The van der Waals surface area contributed by atoms with Crippen LogP contribution in [0.4, 0.5) is 24.9 Å². The average Bonchev–Trinajstić information content (AvgIpc) is 3.32. The highest BCUT2D eigenvalue weighted by molar-refractivity contribution is 6.30. The number of aromatic nitrogens is 3. The number of anilines is 2. The maximum atomic E-state index is 14.5. The van der Waals surface area contributed by atoms with Crippen molar-refractivity contribution in [3.05, 3.63) is 63.5 Å². The Morgan fingerprint density at radius 2 is 1.95 bits per heavy atom. The summed E-state index contributed by atoms with van der Waals surface area (Å²) >= 11 is 6.13. The Kier molecular flexibility index (Phi) is 7.60. The van der Waals surface area contributed by atoms with Crippen LogP contribution in [0.25, 0.3) is 11.1 Å². The number of carbonyl (C=O) groups is 1. The predicted octanol–water partition coefficient (Wildman–Crippen LogP) is 3.79. The highest BCUT2D eigenvalue weighted by Gasteiger charge is 2.46. The van der Waals surface area contributed by atoms with Crippen LogP contribution in [0.15, 0.2) is 47.4 Å². The summed E-state index contributed by atoms with van der Waals surface area (Å²) in [5.41, 5.74) is 4.92. The number of nitrogen functional groups attached to an aromatic ring is 1. The van der Waals surface area contributed by atoms with Gasteiger partial charge in [0.2, 0.25) is 17.9 Å². The molecule has 5 rings (SSSR count). The maximum Gasteiger partial charge on any atom is 0.429 e. The van der Waals surface area contributed by atoms with Crippen molar-refractivity contribution in [3.8, 4) is 17.0 Å². The monoisotopic (exact) mass is 592 g/mol. The van der Waals surface area contributed by atoms with Gasteiger partial charge in [0.05, 0.1) is 0 Å². The van der Waals surface area contributed by atoms with E-state index in [1.165, 1.54) is 48.1 Å². The summed E-state index contributed by atoms with van der Waals surface area (Å²) < 4.78 is 50.3. The number of nitrogens with two attached hydrogens (primary N) is 1. The predicted molar refractivity (Wildman–Crippen MR) is 146 cm³/mol. The summed E-state index contributed by atoms with van der Waals surface area (Å²) in [5, 5.41) is 12.5. The third-order valence-electron chi connectivity index (χ3n) is 7.76. The molecule has 4 heterocycles. The van der Waals surface area contributed by atoms with Crippen LogP contribution >= 0.6 is 11.6 Å². The van der Waals surface area contributed by atoms with Crippen molar-refractivity contribution >= 4 is 29.3 Å². The molecule has 2 fully saturated rings. The van der Waals surface area contributed by atoms with Crippen LogP contribution in [-0.2, 0) is 11.8 Å². The number of hydrogen-bond acceptors (Lipinski definition) is 8. The van der Waals surface area contributed by atoms with Crippen LogP contribution < -0.4 is 26.2 Å². The van der Waals surface area contributed by atoms with E-state index >= 15 is 0 Å². The summed E-state index contributed by atoms with van der Waals surface area (Å²) in [6.07, 6.45) is -4.03. The number of nitrogens with zero attached hydrogens (tertiary/aromatic N) is 4. The summed E-state index contributed by atoms with van der Waals surface area (Å²) in [7, 11) is 1.50. The lowest BCUT2D eigenvalue weighted by molar-refractivity contribution is -0.198. The lowest BCUT2D eigenvalue weighted by Gasteiger charge is -2.39. The van der Waals surface area contributed by atoms with Gasteiger partial charge in [-0.25, -0.2) is 0 Å². The lowest BCUT2D eigenvalue weighted by atomic mass is 9.76. The first kappa shape index (κ1) is 28.7. The zero-order valence-electron chi connectivity index (χ0n) is 22.0. The summed E-state index contributed by atoms with van der Waals surface area (Å²) in [4.78, 5) is 34.2. The lowest BCUT2D eigenvalue weighted by Crippen LogP contribution is -2.41. The number of nitrogens with one attached hydrogen (secondary N) is 1. The Balaban J connectivity index is 1.44. The summed E-state index contributed by atoms with van der Waals surface area (Å²) in [6, 6.07) is 7.46. The molecule has 1 unspecified atom stereocenters. The van der Waals surface area contributed by atoms with Gasteiger partial charge in [0.15, 0.2) is 0 Å². The number of aryl methyl sites for hydroxylation is 1. The molecule has 2 aliphatic rings. The highest BCUT2D eigenvalue weighted by Crippen LogP contribution is 2.43. The minimum atomic E-state index is -4.89. The molecule has 3 aromatic rings. The van der Waals surface area contributed by atoms with Gasteiger partial charge >= 0.3 is 12.1 Å². The topological polar surface area (TPSA) is 136 Å². The Morgan fingerprint density at radius 3 is 2.61 bits per heavy atom. The van der Waals surface area contributed by atoms with Crippen LogP contribution in [-0.4, -0.2) is 57.5 Å². The molecule has 0 saturated carbocycles. The van der Waals surface area contributed by atoms with Crippen molar-refractivity contribution in [1.82, 2.24) is 19.9 Å². The standard InChI is InChI=1S/C27H28ClF3N6O4/c1-36-8-2-3-17(23(36)38)18-11-15(28)4-5-16(18)22(27(29,30)31)41-21-12-20(34-25(32)35-21)37-9-6-26(7-10-37)13-19(24(39)40)33-14-26/h2-5,8,11-12,19,22,33H,6-7,9-10,13-14H2,1H3,(H,39,40)(H2,32,34,35)/t19-,22?/m0/s1. The van der Waals surface area contributed by atoms with E-state index in [1.54, 1.807) is 6.07 Å². The minimum Gasteiger partial charge on any atom is -0.480 e. The zero-order chi connectivity index (χ0) is 29.5. The zero-order valence-corrected chi connectivity index (χ0v) is 22.7. The van der Waals surface area contributed by atoms with Gasteiger partial charge in [0.25, 0.3) is 5.56 Å². The Bertz CT molecular complexity index is 1520. The number of halogens is 4. The molecule has 0 bridgehead atoms. The van der Waals surface area contributed by atoms with Crippen LogP contribution in [0.3, 0.4) is 0 Å². The maximum absolute atomic E-state index is 14.5. The van der Waals surface area contributed by atoms with Gasteiger partial charge in [0.1, 0.15) is 11.9 Å². The second-order valence-corrected chi connectivity index (χ2v) is 10.9. The molecule has 2 atom stereocenters. The van der Waals surface area contributed by atoms with Gasteiger partial charge in [-0.2, -0.15) is 23.1 Å². The molecule has 0 aliphatic carbocycles. The number of hydrogen-bond donors (Lipinski definition) is 3. The first-order valence-corrected chi connectivity index (χ1v) is 13.3. The third kappa shape index (κ3) is 5.96. The van der Waals surface area contributed by atoms with Crippen molar-refractivity contribution in [2.24, 2.45) is 12.5 Å². The van der Waals surface area contributed by atoms with Crippen molar-refractivity contribution in [2.75, 3.05) is 30.3 Å². The van der Waals surface area contributed by atoms with Crippen molar-refractivity contribution in [1.29, 1.82) is 0 Å². The van der Waals surface area contributed by atoms with Crippen LogP contribution in [0.2, 0.25) is 5.02 Å². The van der Waals surface area contributed by atoms with Gasteiger partial charge in [-0.1, -0.05) is 17.7 Å². The van der Waals surface area contributed by atoms with Crippen LogP contribution in [0.1, 0.15) is 30.9 Å². The minimum absolute atomic E-state index is 0.0190. The van der Waals surface area contributed by atoms with Crippen molar-refractivity contribution in [3.63, 3.8) is 0 Å². The number of piperidine rings is 1. The Morgan fingerprint density at radius 1 is 1.22 bits per heavy atom. The number of rotatable bonds is 6. The molecule has 1 spiro atoms. The van der Waals surface area contributed by atoms with Gasteiger partial charge in [-0.05, 0) is 54.5 Å². The molecule has 2 saturated heterocycles. The van der Waals surface area contributed by atoms with E-state index in [9.17, 15) is 27.9 Å². The molecule has 2 aromatic heterocycles. The number of ether oxygens (including phenoxy) is 1. The molecule has 2 aliphatic heterocycles. The number of aliphatic carboxylic acids is 1. The molecular weight excluding hydrogens is 565 g/mol. The fourth-order valence-electron chi connectivity index (χ4n) is 5.56. The van der Waals surface area contributed by atoms with Gasteiger partial charge in [-0.3, -0.25) is 9.59 Å². The summed E-state index contributed by atoms with van der Waals surface area (Å²) in [6.45, 7) is 1.59. The molecule has 4 N–H and O–H groups in total. The average molecular weight is 593 g/mol. The van der Waals surface area contributed by atoms with Crippen LogP contribution in [0, 0.1) is 5.41 Å². The van der Waals surface area contributed by atoms with Crippen molar-refractivity contribution < 1.29 is 27.8 Å². The molecule has 0 radical (unpaired) electrons. The number of carboxylic acids is 1. The fourth-order valence-corrected chi connectivity index (χ4v) is 5.73. The van der Waals surface area contributed by atoms with Gasteiger partial charge < -0.3 is 30.4 Å². The molecule has 1 aromatic carbocycles. The Labute approximate surface area is 237 Å². The van der Waals surface area contributed by atoms with E-state index in [2.05, 4.69) is 15.3 Å². The SMILES string of the molecule is Cn1cccc(-c2cc(Cl)ccc2C(Oc2cc(N3CCC4(CC3)CN[C@H](C(=O)O)C4)nc(N)n2)C(F)(F)F)c1=O. The molecule has 10 nitrogen and oxygen atoms in total. The van der Waals surface area contributed by atoms with E-state index in [1.807, 2.05) is 4.90 Å². The Hall–Kier alpha value is -3.84. The van der Waals surface area contributed by atoms with Crippen LogP contribution in [0.5, 0.6) is 5.88 Å². The van der Waals surface area contributed by atoms with Crippen molar-refractivity contribution in [2.45, 2.75) is 37.6 Å². The third-order valence-corrected chi connectivity index (χ3v) is 8.00. The van der Waals surface area contributed by atoms with E-state index in [4.69, 9.17) is 22.1 Å². The number of alkyl halides is 3. The quantitative estimate of drug-likeness (QED) is 0.390. The largest absolute Gasteiger partial charge is 0.480 e. The van der Waals surface area contributed by atoms with Gasteiger partial charge in [0, 0.05) is 55.1 Å². The number of benzene rings is 1. The molecular formula is C27H28ClF3N6O4. The molecule has 0 amide bonds.